The first-order valence-corrected chi connectivity index (χ1v) is 9.68. The van der Waals surface area contributed by atoms with E-state index in [1.54, 1.807) is 11.3 Å². The molecule has 0 amide bonds. The molecule has 7 heteroatoms. The molecule has 1 aliphatic rings. The number of hydrogen-bond acceptors (Lipinski definition) is 5. The fourth-order valence-corrected chi connectivity index (χ4v) is 3.74. The van der Waals surface area contributed by atoms with Gasteiger partial charge in [0, 0.05) is 44.6 Å². The molecule has 1 aromatic heterocycles. The lowest BCUT2D eigenvalue weighted by Gasteiger charge is -2.32. The largest absolute Gasteiger partial charge is 0.356 e. The molecule has 0 bridgehead atoms. The number of piperazine rings is 1. The van der Waals surface area contributed by atoms with Gasteiger partial charge in [-0.25, -0.2) is 4.98 Å². The first-order valence-electron chi connectivity index (χ1n) is 8.87. The molecule has 0 atom stereocenters. The van der Waals surface area contributed by atoms with E-state index in [2.05, 4.69) is 51.3 Å². The molecule has 0 radical (unpaired) electrons. The smallest absolute Gasteiger partial charge is 0.191 e. The molecule has 6 nitrogen and oxygen atoms in total. The Morgan fingerprint density at radius 2 is 1.92 bits per heavy atom. The third kappa shape index (κ3) is 6.37. The Kier molecular flexibility index (Phi) is 7.94. The van der Waals surface area contributed by atoms with Gasteiger partial charge in [-0.15, -0.1) is 11.3 Å². The predicted molar refractivity (Wildman–Crippen MR) is 103 cm³/mol. The first-order chi connectivity index (χ1) is 11.6. The van der Waals surface area contributed by atoms with Gasteiger partial charge in [-0.05, 0) is 40.3 Å². The minimum atomic E-state index is 0.790. The number of aryl methyl sites for hydroxylation is 2. The molecule has 1 fully saturated rings. The lowest BCUT2D eigenvalue weighted by Crippen LogP contribution is -2.44. The number of hydrogen-bond donors (Lipinski definition) is 2. The third-order valence-corrected chi connectivity index (χ3v) is 5.50. The SMILES string of the molecule is CN=C(NCCCCN1CCN(C)CC1)NCc1sc(C)nc1C. The van der Waals surface area contributed by atoms with E-state index in [0.717, 1.165) is 29.8 Å². The minimum absolute atomic E-state index is 0.790. The highest BCUT2D eigenvalue weighted by Crippen LogP contribution is 2.16. The zero-order valence-corrected chi connectivity index (χ0v) is 16.4. The Bertz CT molecular complexity index is 519. The number of nitrogens with one attached hydrogen (secondary N) is 2. The highest BCUT2D eigenvalue weighted by atomic mass is 32.1. The second-order valence-electron chi connectivity index (χ2n) is 6.45. The molecule has 1 aromatic rings. The van der Waals surface area contributed by atoms with Crippen LogP contribution in [-0.4, -0.2) is 74.1 Å². The van der Waals surface area contributed by atoms with Crippen molar-refractivity contribution in [1.29, 1.82) is 0 Å². The maximum atomic E-state index is 4.46. The summed E-state index contributed by atoms with van der Waals surface area (Å²) >= 11 is 1.75. The van der Waals surface area contributed by atoms with Crippen LogP contribution in [0.5, 0.6) is 0 Å². The minimum Gasteiger partial charge on any atom is -0.356 e. The summed E-state index contributed by atoms with van der Waals surface area (Å²) in [4.78, 5) is 15.0. The van der Waals surface area contributed by atoms with Crippen LogP contribution in [-0.2, 0) is 6.54 Å². The molecule has 0 spiro atoms. The summed E-state index contributed by atoms with van der Waals surface area (Å²) in [7, 11) is 4.03. The molecule has 0 unspecified atom stereocenters. The van der Waals surface area contributed by atoms with E-state index in [9.17, 15) is 0 Å². The number of guanidine groups is 1. The van der Waals surface area contributed by atoms with Gasteiger partial charge in [0.15, 0.2) is 5.96 Å². The van der Waals surface area contributed by atoms with Crippen molar-refractivity contribution in [2.24, 2.45) is 4.99 Å². The van der Waals surface area contributed by atoms with Gasteiger partial charge in [0.25, 0.3) is 0 Å². The highest BCUT2D eigenvalue weighted by molar-refractivity contribution is 7.11. The van der Waals surface area contributed by atoms with Crippen molar-refractivity contribution in [3.63, 3.8) is 0 Å². The molecular formula is C17H32N6S. The van der Waals surface area contributed by atoms with Gasteiger partial charge in [0.05, 0.1) is 17.2 Å². The number of unbranched alkanes of at least 4 members (excludes halogenated alkanes) is 1. The van der Waals surface area contributed by atoms with Crippen LogP contribution in [0.25, 0.3) is 0 Å². The Labute approximate surface area is 150 Å². The lowest BCUT2D eigenvalue weighted by atomic mass is 10.2. The van der Waals surface area contributed by atoms with Crippen molar-refractivity contribution in [3.8, 4) is 0 Å². The van der Waals surface area contributed by atoms with Crippen LogP contribution in [0.3, 0.4) is 0 Å². The molecule has 24 heavy (non-hydrogen) atoms. The molecule has 1 saturated heterocycles. The van der Waals surface area contributed by atoms with E-state index >= 15 is 0 Å². The van der Waals surface area contributed by atoms with Crippen LogP contribution >= 0.6 is 11.3 Å². The fourth-order valence-electron chi connectivity index (χ4n) is 2.86. The van der Waals surface area contributed by atoms with Gasteiger partial charge in [-0.1, -0.05) is 0 Å². The van der Waals surface area contributed by atoms with E-state index in [-0.39, 0.29) is 0 Å². The average molecular weight is 353 g/mol. The molecule has 0 saturated carbocycles. The third-order valence-electron chi connectivity index (χ3n) is 4.43. The van der Waals surface area contributed by atoms with Crippen molar-refractivity contribution < 1.29 is 0 Å². The highest BCUT2D eigenvalue weighted by Gasteiger charge is 2.12. The summed E-state index contributed by atoms with van der Waals surface area (Å²) in [6.07, 6.45) is 2.41. The zero-order valence-electron chi connectivity index (χ0n) is 15.6. The number of likely N-dealkylation sites (N-methyl/N-ethyl adjacent to an activating group) is 1. The van der Waals surface area contributed by atoms with Gasteiger partial charge >= 0.3 is 0 Å². The standard InChI is InChI=1S/C17H32N6S/c1-14-16(24-15(2)21-14)13-20-17(18-3)19-7-5-6-8-23-11-9-22(4)10-12-23/h5-13H2,1-4H3,(H2,18,19,20). The van der Waals surface area contributed by atoms with E-state index in [1.807, 2.05) is 7.05 Å². The Morgan fingerprint density at radius 1 is 1.17 bits per heavy atom. The van der Waals surface area contributed by atoms with Crippen molar-refractivity contribution in [3.05, 3.63) is 15.6 Å². The quantitative estimate of drug-likeness (QED) is 0.442. The van der Waals surface area contributed by atoms with Crippen LogP contribution in [0.15, 0.2) is 4.99 Å². The molecule has 0 aromatic carbocycles. The van der Waals surface area contributed by atoms with Crippen LogP contribution < -0.4 is 10.6 Å². The Morgan fingerprint density at radius 3 is 2.54 bits per heavy atom. The molecule has 1 aliphatic heterocycles. The van der Waals surface area contributed by atoms with Crippen LogP contribution in [0.1, 0.15) is 28.4 Å². The molecule has 2 heterocycles. The number of rotatable bonds is 7. The van der Waals surface area contributed by atoms with Gasteiger partial charge in [-0.3, -0.25) is 4.99 Å². The molecular weight excluding hydrogens is 320 g/mol. The summed E-state index contributed by atoms with van der Waals surface area (Å²) in [6.45, 7) is 11.9. The number of aromatic nitrogens is 1. The van der Waals surface area contributed by atoms with Gasteiger partial charge in [-0.2, -0.15) is 0 Å². The van der Waals surface area contributed by atoms with Crippen LogP contribution in [0.2, 0.25) is 0 Å². The first kappa shape index (κ1) is 19.1. The predicted octanol–water partition coefficient (Wildman–Crippen LogP) is 1.45. The number of nitrogens with zero attached hydrogens (tertiary/aromatic N) is 4. The van der Waals surface area contributed by atoms with E-state index < -0.39 is 0 Å². The van der Waals surface area contributed by atoms with Crippen molar-refractivity contribution in [2.45, 2.75) is 33.2 Å². The van der Waals surface area contributed by atoms with Gasteiger partial charge < -0.3 is 20.4 Å². The average Bonchev–Trinajstić information content (AvgIpc) is 2.89. The second kappa shape index (κ2) is 9.96. The second-order valence-corrected chi connectivity index (χ2v) is 7.73. The fraction of sp³-hybridized carbons (Fsp3) is 0.765. The van der Waals surface area contributed by atoms with Crippen molar-refractivity contribution in [2.75, 3.05) is 53.4 Å². The summed E-state index contributed by atoms with van der Waals surface area (Å²) in [5, 5.41) is 7.91. The summed E-state index contributed by atoms with van der Waals surface area (Å²) in [5.74, 6) is 0.875. The molecule has 2 N–H and O–H groups in total. The van der Waals surface area contributed by atoms with Gasteiger partial charge in [0.1, 0.15) is 0 Å². The van der Waals surface area contributed by atoms with Crippen LogP contribution in [0, 0.1) is 13.8 Å². The maximum Gasteiger partial charge on any atom is 0.191 e. The monoisotopic (exact) mass is 352 g/mol. The topological polar surface area (TPSA) is 55.8 Å². The van der Waals surface area contributed by atoms with Gasteiger partial charge in [0.2, 0.25) is 0 Å². The van der Waals surface area contributed by atoms with E-state index in [4.69, 9.17) is 0 Å². The Balaban J connectivity index is 1.57. The lowest BCUT2D eigenvalue weighted by molar-refractivity contribution is 0.152. The number of thiazole rings is 1. The molecule has 2 rings (SSSR count). The molecule has 136 valence electrons. The van der Waals surface area contributed by atoms with Crippen LogP contribution in [0.4, 0.5) is 0 Å². The van der Waals surface area contributed by atoms with Crippen molar-refractivity contribution >= 4 is 17.3 Å². The Hall–Kier alpha value is -1.18. The summed E-state index contributed by atoms with van der Waals surface area (Å²) < 4.78 is 0. The maximum absolute atomic E-state index is 4.46. The van der Waals surface area contributed by atoms with Crippen molar-refractivity contribution in [1.82, 2.24) is 25.4 Å². The normalized spacial score (nSPS) is 17.2. The molecule has 0 aliphatic carbocycles. The zero-order chi connectivity index (χ0) is 17.4. The summed E-state index contributed by atoms with van der Waals surface area (Å²) in [5.41, 5.74) is 1.12. The number of aliphatic imine (C=N–C) groups is 1. The van der Waals surface area contributed by atoms with E-state index in [1.165, 1.54) is 50.4 Å². The summed E-state index contributed by atoms with van der Waals surface area (Å²) in [6, 6.07) is 0. The van der Waals surface area contributed by atoms with E-state index in [0.29, 0.717) is 0 Å².